The Morgan fingerprint density at radius 1 is 1.39 bits per heavy atom. The molecule has 0 aliphatic carbocycles. The van der Waals surface area contributed by atoms with Gasteiger partial charge < -0.3 is 14.0 Å². The first-order valence-corrected chi connectivity index (χ1v) is 5.51. The third-order valence-corrected chi connectivity index (χ3v) is 2.46. The first kappa shape index (κ1) is 12.2. The molecule has 0 bridgehead atoms. The minimum atomic E-state index is 0.405. The Kier molecular flexibility index (Phi) is 3.62. The van der Waals surface area contributed by atoms with Crippen molar-refractivity contribution in [2.45, 2.75) is 6.92 Å². The van der Waals surface area contributed by atoms with Gasteiger partial charge in [-0.3, -0.25) is 4.79 Å². The number of rotatable bonds is 5. The van der Waals surface area contributed by atoms with Crippen LogP contribution in [0.4, 0.5) is 0 Å². The highest BCUT2D eigenvalue weighted by Crippen LogP contribution is 2.32. The fourth-order valence-corrected chi connectivity index (χ4v) is 1.64. The van der Waals surface area contributed by atoms with Crippen LogP contribution < -0.4 is 9.47 Å². The number of carbonyl (C=O) groups excluding carboxylic acids is 1. The molecule has 1 aromatic heterocycles. The van der Waals surface area contributed by atoms with Crippen LogP contribution in [0, 0.1) is 0 Å². The highest BCUT2D eigenvalue weighted by atomic mass is 16.5. The summed E-state index contributed by atoms with van der Waals surface area (Å²) in [5, 5.41) is 3.81. The van der Waals surface area contributed by atoms with Gasteiger partial charge >= 0.3 is 0 Å². The normalized spacial score (nSPS) is 10.1. The second kappa shape index (κ2) is 5.35. The summed E-state index contributed by atoms with van der Waals surface area (Å²) < 4.78 is 15.5. The molecule has 18 heavy (non-hydrogen) atoms. The second-order valence-corrected chi connectivity index (χ2v) is 3.53. The standard InChI is InChI=1S/C13H13NO4/c1-3-17-12-6-9(4-5-11(12)16-2)13-10(7-15)8-18-14-13/h4-8H,3H2,1-2H3. The average molecular weight is 247 g/mol. The van der Waals surface area contributed by atoms with Crippen molar-refractivity contribution in [1.29, 1.82) is 0 Å². The van der Waals surface area contributed by atoms with Crippen molar-refractivity contribution in [2.75, 3.05) is 13.7 Å². The molecule has 0 spiro atoms. The van der Waals surface area contributed by atoms with Crippen LogP contribution in [-0.2, 0) is 0 Å². The van der Waals surface area contributed by atoms with Crippen molar-refractivity contribution in [2.24, 2.45) is 0 Å². The zero-order valence-electron chi connectivity index (χ0n) is 10.2. The Morgan fingerprint density at radius 3 is 2.89 bits per heavy atom. The molecule has 2 rings (SSSR count). The Hall–Kier alpha value is -2.30. The average Bonchev–Trinajstić information content (AvgIpc) is 2.87. The number of aromatic nitrogens is 1. The summed E-state index contributed by atoms with van der Waals surface area (Å²) in [6, 6.07) is 5.34. The molecule has 1 heterocycles. The molecule has 2 aromatic rings. The van der Waals surface area contributed by atoms with Crippen molar-refractivity contribution in [3.63, 3.8) is 0 Å². The Morgan fingerprint density at radius 2 is 2.22 bits per heavy atom. The fourth-order valence-electron chi connectivity index (χ4n) is 1.64. The van der Waals surface area contributed by atoms with Crippen molar-refractivity contribution < 1.29 is 18.8 Å². The molecular weight excluding hydrogens is 234 g/mol. The van der Waals surface area contributed by atoms with E-state index in [1.807, 2.05) is 6.92 Å². The molecule has 5 nitrogen and oxygen atoms in total. The molecule has 1 aromatic carbocycles. The molecule has 0 atom stereocenters. The van der Waals surface area contributed by atoms with Crippen LogP contribution in [0.25, 0.3) is 11.3 Å². The fraction of sp³-hybridized carbons (Fsp3) is 0.231. The Labute approximate surface area is 104 Å². The van der Waals surface area contributed by atoms with Crippen LogP contribution in [0.15, 0.2) is 29.0 Å². The topological polar surface area (TPSA) is 61.6 Å². The molecule has 0 aliphatic heterocycles. The highest BCUT2D eigenvalue weighted by Gasteiger charge is 2.12. The lowest BCUT2D eigenvalue weighted by Gasteiger charge is -2.10. The van der Waals surface area contributed by atoms with Gasteiger partial charge in [-0.25, -0.2) is 0 Å². The quantitative estimate of drug-likeness (QED) is 0.760. The van der Waals surface area contributed by atoms with E-state index in [2.05, 4.69) is 5.16 Å². The van der Waals surface area contributed by atoms with Gasteiger partial charge in [-0.05, 0) is 25.1 Å². The van der Waals surface area contributed by atoms with Crippen molar-refractivity contribution in [3.05, 3.63) is 30.0 Å². The molecule has 0 unspecified atom stereocenters. The van der Waals surface area contributed by atoms with Crippen molar-refractivity contribution >= 4 is 6.29 Å². The number of carbonyl (C=O) groups is 1. The first-order valence-electron chi connectivity index (χ1n) is 5.51. The summed E-state index contributed by atoms with van der Waals surface area (Å²) in [6.45, 7) is 2.41. The van der Waals surface area contributed by atoms with E-state index < -0.39 is 0 Å². The monoisotopic (exact) mass is 247 g/mol. The zero-order valence-corrected chi connectivity index (χ0v) is 10.2. The number of methoxy groups -OCH3 is 1. The lowest BCUT2D eigenvalue weighted by Crippen LogP contribution is -1.96. The Bertz CT molecular complexity index is 548. The summed E-state index contributed by atoms with van der Waals surface area (Å²) >= 11 is 0. The van der Waals surface area contributed by atoms with E-state index in [1.165, 1.54) is 6.26 Å². The second-order valence-electron chi connectivity index (χ2n) is 3.53. The van der Waals surface area contributed by atoms with Gasteiger partial charge in [0, 0.05) is 5.56 Å². The number of ether oxygens (including phenoxy) is 2. The highest BCUT2D eigenvalue weighted by molar-refractivity contribution is 5.85. The van der Waals surface area contributed by atoms with E-state index in [-0.39, 0.29) is 0 Å². The van der Waals surface area contributed by atoms with Crippen LogP contribution in [0.3, 0.4) is 0 Å². The molecule has 0 amide bonds. The minimum Gasteiger partial charge on any atom is -0.493 e. The maximum absolute atomic E-state index is 10.8. The molecule has 5 heteroatoms. The molecule has 0 saturated carbocycles. The van der Waals surface area contributed by atoms with Gasteiger partial charge in [-0.2, -0.15) is 0 Å². The number of hydrogen-bond donors (Lipinski definition) is 0. The van der Waals surface area contributed by atoms with Crippen LogP contribution in [0.1, 0.15) is 17.3 Å². The van der Waals surface area contributed by atoms with Gasteiger partial charge in [-0.15, -0.1) is 0 Å². The Balaban J connectivity index is 2.46. The number of nitrogens with zero attached hydrogens (tertiary/aromatic N) is 1. The third-order valence-electron chi connectivity index (χ3n) is 2.46. The first-order chi connectivity index (χ1) is 8.80. The largest absolute Gasteiger partial charge is 0.493 e. The van der Waals surface area contributed by atoms with Crippen LogP contribution in [-0.4, -0.2) is 25.2 Å². The molecule has 0 aliphatic rings. The maximum Gasteiger partial charge on any atom is 0.161 e. The van der Waals surface area contributed by atoms with Gasteiger partial charge in [0.1, 0.15) is 12.0 Å². The van der Waals surface area contributed by atoms with E-state index >= 15 is 0 Å². The number of aldehydes is 1. The zero-order chi connectivity index (χ0) is 13.0. The van der Waals surface area contributed by atoms with Crippen molar-refractivity contribution in [1.82, 2.24) is 5.16 Å². The molecule has 0 fully saturated rings. The van der Waals surface area contributed by atoms with Crippen LogP contribution >= 0.6 is 0 Å². The van der Waals surface area contributed by atoms with Crippen LogP contribution in [0.2, 0.25) is 0 Å². The van der Waals surface area contributed by atoms with E-state index in [0.29, 0.717) is 35.6 Å². The van der Waals surface area contributed by atoms with Gasteiger partial charge in [-0.1, -0.05) is 5.16 Å². The molecular formula is C13H13NO4. The SMILES string of the molecule is CCOc1cc(-c2nocc2C=O)ccc1OC. The lowest BCUT2D eigenvalue weighted by atomic mass is 10.1. The van der Waals surface area contributed by atoms with Gasteiger partial charge in [0.2, 0.25) is 0 Å². The third kappa shape index (κ3) is 2.20. The van der Waals surface area contributed by atoms with Crippen molar-refractivity contribution in [3.8, 4) is 22.8 Å². The van der Waals surface area contributed by atoms with Gasteiger partial charge in [0.05, 0.1) is 19.3 Å². The number of hydrogen-bond acceptors (Lipinski definition) is 5. The van der Waals surface area contributed by atoms with Gasteiger partial charge in [0.25, 0.3) is 0 Å². The molecule has 94 valence electrons. The summed E-state index contributed by atoms with van der Waals surface area (Å²) in [5.74, 6) is 1.24. The predicted octanol–water partition coefficient (Wildman–Crippen LogP) is 2.56. The molecule has 0 radical (unpaired) electrons. The van der Waals surface area contributed by atoms with Gasteiger partial charge in [0.15, 0.2) is 17.8 Å². The molecule has 0 N–H and O–H groups in total. The summed E-state index contributed by atoms with van der Waals surface area (Å²) in [7, 11) is 1.57. The lowest BCUT2D eigenvalue weighted by molar-refractivity contribution is 0.112. The van der Waals surface area contributed by atoms with Crippen LogP contribution in [0.5, 0.6) is 11.5 Å². The van der Waals surface area contributed by atoms with E-state index in [4.69, 9.17) is 14.0 Å². The molecule has 0 saturated heterocycles. The number of benzene rings is 1. The van der Waals surface area contributed by atoms with E-state index in [0.717, 1.165) is 5.56 Å². The van der Waals surface area contributed by atoms with E-state index in [1.54, 1.807) is 25.3 Å². The maximum atomic E-state index is 10.8. The predicted molar refractivity (Wildman–Crippen MR) is 65.0 cm³/mol. The summed E-state index contributed by atoms with van der Waals surface area (Å²) in [6.07, 6.45) is 2.02. The summed E-state index contributed by atoms with van der Waals surface area (Å²) in [5.41, 5.74) is 1.64. The minimum absolute atomic E-state index is 0.405. The van der Waals surface area contributed by atoms with E-state index in [9.17, 15) is 4.79 Å². The smallest absolute Gasteiger partial charge is 0.161 e. The summed E-state index contributed by atoms with van der Waals surface area (Å²) in [4.78, 5) is 10.8.